The third-order valence-electron chi connectivity index (χ3n) is 2.87. The monoisotopic (exact) mass is 196 g/mol. The minimum atomic E-state index is 0.652. The molecule has 0 aromatic carbocycles. The van der Waals surface area contributed by atoms with Gasteiger partial charge in [0.1, 0.15) is 0 Å². The molecular formula is C10H20N4. The molecule has 0 saturated carbocycles. The second-order valence-electron chi connectivity index (χ2n) is 3.97. The predicted molar refractivity (Wildman–Crippen MR) is 58.6 cm³/mol. The molecule has 0 bridgehead atoms. The van der Waals surface area contributed by atoms with Crippen LogP contribution in [0.25, 0.3) is 0 Å². The summed E-state index contributed by atoms with van der Waals surface area (Å²) >= 11 is 0. The van der Waals surface area contributed by atoms with E-state index in [2.05, 4.69) is 27.4 Å². The van der Waals surface area contributed by atoms with Gasteiger partial charge in [0.05, 0.1) is 6.54 Å². The molecule has 4 nitrogen and oxygen atoms in total. The largest absolute Gasteiger partial charge is 0.354 e. The van der Waals surface area contributed by atoms with E-state index in [1.54, 1.807) is 0 Å². The zero-order valence-corrected chi connectivity index (χ0v) is 8.92. The fourth-order valence-electron chi connectivity index (χ4n) is 2.19. The molecule has 14 heavy (non-hydrogen) atoms. The van der Waals surface area contributed by atoms with Gasteiger partial charge in [0.25, 0.3) is 0 Å². The second kappa shape index (κ2) is 4.64. The summed E-state index contributed by atoms with van der Waals surface area (Å²) in [5.74, 6) is 1.13. The van der Waals surface area contributed by atoms with Crippen LogP contribution in [0.5, 0.6) is 0 Å². The van der Waals surface area contributed by atoms with Gasteiger partial charge in [0.2, 0.25) is 0 Å². The van der Waals surface area contributed by atoms with E-state index in [1.165, 1.54) is 12.8 Å². The van der Waals surface area contributed by atoms with E-state index in [-0.39, 0.29) is 0 Å². The number of nitrogens with zero attached hydrogens (tertiary/aromatic N) is 2. The Morgan fingerprint density at radius 1 is 1.50 bits per heavy atom. The molecule has 2 N–H and O–H groups in total. The van der Waals surface area contributed by atoms with Crippen molar-refractivity contribution in [3.63, 3.8) is 0 Å². The summed E-state index contributed by atoms with van der Waals surface area (Å²) in [5, 5.41) is 6.78. The molecule has 1 saturated heterocycles. The summed E-state index contributed by atoms with van der Waals surface area (Å²) < 4.78 is 0. The molecule has 2 aliphatic rings. The molecule has 1 atom stereocenters. The zero-order chi connectivity index (χ0) is 9.80. The van der Waals surface area contributed by atoms with Crippen molar-refractivity contribution in [1.29, 1.82) is 0 Å². The highest BCUT2D eigenvalue weighted by Gasteiger charge is 2.25. The summed E-state index contributed by atoms with van der Waals surface area (Å²) in [6.45, 7) is 7.56. The van der Waals surface area contributed by atoms with Crippen molar-refractivity contribution in [2.45, 2.75) is 25.8 Å². The lowest BCUT2D eigenvalue weighted by Crippen LogP contribution is -2.46. The van der Waals surface area contributed by atoms with Crippen molar-refractivity contribution in [2.75, 3.05) is 32.7 Å². The molecule has 2 rings (SSSR count). The molecule has 2 heterocycles. The Balaban J connectivity index is 1.98. The van der Waals surface area contributed by atoms with E-state index in [4.69, 9.17) is 0 Å². The molecule has 0 spiro atoms. The lowest BCUT2D eigenvalue weighted by Gasteiger charge is -2.29. The van der Waals surface area contributed by atoms with E-state index in [1.807, 2.05) is 0 Å². The van der Waals surface area contributed by atoms with E-state index in [9.17, 15) is 0 Å². The first-order valence-electron chi connectivity index (χ1n) is 5.67. The normalized spacial score (nSPS) is 26.1. The predicted octanol–water partition coefficient (Wildman–Crippen LogP) is 0.0195. The van der Waals surface area contributed by atoms with Gasteiger partial charge in [-0.05, 0) is 19.4 Å². The standard InChI is InChI=1S/C10H20N4/c1-2-7-14(9-3-4-11-8-9)10-12-5-6-13-10/h9,11H,2-8H2,1H3,(H,12,13). The van der Waals surface area contributed by atoms with Crippen molar-refractivity contribution in [3.05, 3.63) is 0 Å². The quantitative estimate of drug-likeness (QED) is 0.668. The first-order chi connectivity index (χ1) is 6.92. The third kappa shape index (κ3) is 2.00. The highest BCUT2D eigenvalue weighted by molar-refractivity contribution is 5.81. The number of hydrogen-bond donors (Lipinski definition) is 2. The van der Waals surface area contributed by atoms with Crippen LogP contribution in [0.15, 0.2) is 4.99 Å². The number of guanidine groups is 1. The van der Waals surface area contributed by atoms with Crippen LogP contribution in [0.3, 0.4) is 0 Å². The molecule has 1 fully saturated rings. The van der Waals surface area contributed by atoms with E-state index < -0.39 is 0 Å². The molecule has 0 aliphatic carbocycles. The summed E-state index contributed by atoms with van der Waals surface area (Å²) in [7, 11) is 0. The Morgan fingerprint density at radius 2 is 2.43 bits per heavy atom. The van der Waals surface area contributed by atoms with Crippen LogP contribution in [0.1, 0.15) is 19.8 Å². The van der Waals surface area contributed by atoms with Gasteiger partial charge in [-0.25, -0.2) is 0 Å². The Morgan fingerprint density at radius 3 is 3.00 bits per heavy atom. The molecule has 80 valence electrons. The van der Waals surface area contributed by atoms with Crippen LogP contribution in [0, 0.1) is 0 Å². The fourth-order valence-corrected chi connectivity index (χ4v) is 2.19. The molecular weight excluding hydrogens is 176 g/mol. The number of hydrogen-bond acceptors (Lipinski definition) is 4. The molecule has 0 radical (unpaired) electrons. The summed E-state index contributed by atoms with van der Waals surface area (Å²) in [6, 6.07) is 0.652. The minimum Gasteiger partial charge on any atom is -0.354 e. The van der Waals surface area contributed by atoms with E-state index in [0.717, 1.165) is 38.7 Å². The van der Waals surface area contributed by atoms with Crippen molar-refractivity contribution in [1.82, 2.24) is 15.5 Å². The molecule has 0 aromatic rings. The van der Waals surface area contributed by atoms with Gasteiger partial charge < -0.3 is 15.5 Å². The van der Waals surface area contributed by atoms with Crippen molar-refractivity contribution >= 4 is 5.96 Å². The number of nitrogens with one attached hydrogen (secondary N) is 2. The van der Waals surface area contributed by atoms with Crippen LogP contribution >= 0.6 is 0 Å². The van der Waals surface area contributed by atoms with Crippen molar-refractivity contribution in [2.24, 2.45) is 4.99 Å². The fraction of sp³-hybridized carbons (Fsp3) is 0.900. The topological polar surface area (TPSA) is 39.7 Å². The Bertz CT molecular complexity index is 208. The Kier molecular flexibility index (Phi) is 3.24. The van der Waals surface area contributed by atoms with Crippen molar-refractivity contribution in [3.8, 4) is 0 Å². The Hall–Kier alpha value is -0.770. The SMILES string of the molecule is CCCN(C1=NCCN1)C1CCNC1. The first-order valence-corrected chi connectivity index (χ1v) is 5.67. The average Bonchev–Trinajstić information content (AvgIpc) is 2.87. The maximum absolute atomic E-state index is 4.50. The zero-order valence-electron chi connectivity index (χ0n) is 8.92. The van der Waals surface area contributed by atoms with Crippen LogP contribution in [0.2, 0.25) is 0 Å². The van der Waals surface area contributed by atoms with Gasteiger partial charge in [-0.3, -0.25) is 4.99 Å². The lowest BCUT2D eigenvalue weighted by molar-refractivity contribution is 0.321. The Labute approximate surface area is 85.8 Å². The number of rotatable bonds is 3. The van der Waals surface area contributed by atoms with Gasteiger partial charge in [-0.2, -0.15) is 0 Å². The van der Waals surface area contributed by atoms with Gasteiger partial charge in [0.15, 0.2) is 5.96 Å². The third-order valence-corrected chi connectivity index (χ3v) is 2.87. The minimum absolute atomic E-state index is 0.652. The highest BCUT2D eigenvalue weighted by atomic mass is 15.3. The van der Waals surface area contributed by atoms with Crippen molar-refractivity contribution < 1.29 is 0 Å². The molecule has 4 heteroatoms. The van der Waals surface area contributed by atoms with Gasteiger partial charge in [0, 0.05) is 25.7 Å². The molecule has 0 amide bonds. The van der Waals surface area contributed by atoms with Gasteiger partial charge in [-0.15, -0.1) is 0 Å². The maximum atomic E-state index is 4.50. The average molecular weight is 196 g/mol. The first kappa shape index (κ1) is 9.77. The lowest BCUT2D eigenvalue weighted by atomic mass is 10.2. The smallest absolute Gasteiger partial charge is 0.194 e. The van der Waals surface area contributed by atoms with Crippen LogP contribution < -0.4 is 10.6 Å². The molecule has 1 unspecified atom stereocenters. The maximum Gasteiger partial charge on any atom is 0.194 e. The summed E-state index contributed by atoms with van der Waals surface area (Å²) in [4.78, 5) is 6.94. The number of aliphatic imine (C=N–C) groups is 1. The molecule has 0 aromatic heterocycles. The molecule has 2 aliphatic heterocycles. The summed E-state index contributed by atoms with van der Waals surface area (Å²) in [5.41, 5.74) is 0. The van der Waals surface area contributed by atoms with E-state index >= 15 is 0 Å². The second-order valence-corrected chi connectivity index (χ2v) is 3.97. The van der Waals surface area contributed by atoms with Crippen LogP contribution in [-0.2, 0) is 0 Å². The van der Waals surface area contributed by atoms with Crippen LogP contribution in [0.4, 0.5) is 0 Å². The van der Waals surface area contributed by atoms with Gasteiger partial charge >= 0.3 is 0 Å². The summed E-state index contributed by atoms with van der Waals surface area (Å²) in [6.07, 6.45) is 2.44. The highest BCUT2D eigenvalue weighted by Crippen LogP contribution is 2.10. The van der Waals surface area contributed by atoms with Crippen LogP contribution in [-0.4, -0.2) is 49.6 Å². The van der Waals surface area contributed by atoms with E-state index in [0.29, 0.717) is 6.04 Å². The van der Waals surface area contributed by atoms with Gasteiger partial charge in [-0.1, -0.05) is 6.92 Å².